The van der Waals surface area contributed by atoms with Gasteiger partial charge in [0.2, 0.25) is 5.95 Å². The van der Waals surface area contributed by atoms with Crippen LogP contribution in [0.1, 0.15) is 75.3 Å². The molecule has 0 bridgehead atoms. The molecule has 1 unspecified atom stereocenters. The normalized spacial score (nSPS) is 12.1. The van der Waals surface area contributed by atoms with Gasteiger partial charge in [0.05, 0.1) is 31.1 Å². The maximum Gasteiger partial charge on any atom is 0.313 e. The molecule has 1 aromatic carbocycles. The third-order valence-corrected chi connectivity index (χ3v) is 6.26. The molecule has 0 spiro atoms. The van der Waals surface area contributed by atoms with Gasteiger partial charge in [0.15, 0.2) is 0 Å². The third-order valence-electron chi connectivity index (χ3n) is 6.26. The highest BCUT2D eigenvalue weighted by Gasteiger charge is 2.30. The Hall–Kier alpha value is -3.89. The number of carboxylic acids is 3. The van der Waals surface area contributed by atoms with Crippen LogP contribution in [-0.4, -0.2) is 56.3 Å². The molecule has 6 N–H and O–H groups in total. The minimum absolute atomic E-state index is 0.0658. The number of carbonyl (C=O) groups is 3. The van der Waals surface area contributed by atoms with Crippen LogP contribution >= 0.6 is 0 Å². The van der Waals surface area contributed by atoms with Gasteiger partial charge in [0.1, 0.15) is 11.6 Å². The summed E-state index contributed by atoms with van der Waals surface area (Å²) in [5.74, 6) is -2.20. The number of aryl methyl sites for hydroxylation is 1. The van der Waals surface area contributed by atoms with Crippen molar-refractivity contribution in [1.29, 1.82) is 0 Å². The number of nitrogen functional groups attached to an aromatic ring is 1. The Morgan fingerprint density at radius 2 is 1.84 bits per heavy atom. The maximum absolute atomic E-state index is 11.9. The van der Waals surface area contributed by atoms with Crippen LogP contribution in [-0.2, 0) is 32.6 Å². The van der Waals surface area contributed by atoms with Crippen LogP contribution in [0.4, 0.5) is 11.8 Å². The Balaban J connectivity index is 2.64. The molecule has 0 aliphatic carbocycles. The maximum atomic E-state index is 11.9. The molecule has 0 aliphatic rings. The van der Waals surface area contributed by atoms with Crippen LogP contribution in [0, 0.1) is 0 Å². The molecule has 2 rings (SSSR count). The number of carboxylic acid groups (broad SMARTS) is 3. The zero-order chi connectivity index (χ0) is 27.8. The highest BCUT2D eigenvalue weighted by atomic mass is 16.5. The summed E-state index contributed by atoms with van der Waals surface area (Å²) in [6, 6.07) is 4.68. The predicted octanol–water partition coefficient (Wildman–Crippen LogP) is 3.48. The van der Waals surface area contributed by atoms with Gasteiger partial charge in [0, 0.05) is 24.4 Å². The lowest BCUT2D eigenvalue weighted by Gasteiger charge is -2.23. The summed E-state index contributed by atoms with van der Waals surface area (Å²) in [6.45, 7) is 5.21. The average Bonchev–Trinajstić information content (AvgIpc) is 2.82. The summed E-state index contributed by atoms with van der Waals surface area (Å²) in [5.41, 5.74) is 6.95. The molecule has 0 saturated heterocycles. The molecule has 11 heteroatoms. The zero-order valence-corrected chi connectivity index (χ0v) is 21.7. The van der Waals surface area contributed by atoms with E-state index in [9.17, 15) is 29.7 Å². The average molecular weight is 517 g/mol. The molecule has 0 fully saturated rings. The first-order chi connectivity index (χ1) is 17.4. The molecular formula is C26H36N4O7. The molecule has 202 valence electrons. The van der Waals surface area contributed by atoms with Crippen molar-refractivity contribution in [2.45, 2.75) is 77.2 Å². The number of ether oxygens (including phenoxy) is 1. The minimum Gasteiger partial charge on any atom is -0.496 e. The van der Waals surface area contributed by atoms with Gasteiger partial charge in [-0.15, -0.1) is 0 Å². The van der Waals surface area contributed by atoms with Crippen molar-refractivity contribution in [2.24, 2.45) is 0 Å². The van der Waals surface area contributed by atoms with E-state index in [0.717, 1.165) is 12.8 Å². The summed E-state index contributed by atoms with van der Waals surface area (Å²) in [7, 11) is 1.50. The van der Waals surface area contributed by atoms with Crippen molar-refractivity contribution in [3.63, 3.8) is 0 Å². The quantitative estimate of drug-likeness (QED) is 0.233. The second-order valence-corrected chi connectivity index (χ2v) is 9.46. The fraction of sp³-hybridized carbons (Fsp3) is 0.500. The van der Waals surface area contributed by atoms with E-state index in [1.165, 1.54) is 7.11 Å². The van der Waals surface area contributed by atoms with E-state index in [4.69, 9.17) is 10.5 Å². The van der Waals surface area contributed by atoms with E-state index < -0.39 is 29.4 Å². The number of aromatic nitrogens is 2. The molecule has 0 saturated carbocycles. The number of nitrogens with zero attached hydrogens (tertiary/aromatic N) is 2. The lowest BCUT2D eigenvalue weighted by Crippen LogP contribution is -2.28. The zero-order valence-electron chi connectivity index (χ0n) is 21.7. The van der Waals surface area contributed by atoms with Crippen LogP contribution in [0.5, 0.6) is 5.75 Å². The first-order valence-corrected chi connectivity index (χ1v) is 12.1. The fourth-order valence-electron chi connectivity index (χ4n) is 3.99. The molecule has 0 aliphatic heterocycles. The standard InChI is InChI=1S/C26H36N4O7/c1-5-6-7-17(14-22(33)34)28-23-18(19(9-11-21(31)32)29-25(27)30-23)13-15-12-16(8-10-20(15)37-4)26(2,3)24(35)36/h8,10,12,17H,5-7,9,11,13-14H2,1-4H3,(H,31,32)(H,33,34)(H,35,36)(H3,27,28,29,30). The Labute approximate surface area is 216 Å². The highest BCUT2D eigenvalue weighted by molar-refractivity contribution is 5.80. The second-order valence-electron chi connectivity index (χ2n) is 9.46. The van der Waals surface area contributed by atoms with Gasteiger partial charge in [-0.05, 0) is 37.5 Å². The summed E-state index contributed by atoms with van der Waals surface area (Å²) < 4.78 is 5.53. The van der Waals surface area contributed by atoms with E-state index in [2.05, 4.69) is 15.3 Å². The highest BCUT2D eigenvalue weighted by Crippen LogP contribution is 2.33. The summed E-state index contributed by atoms with van der Waals surface area (Å²) in [5, 5.41) is 31.6. The fourth-order valence-corrected chi connectivity index (χ4v) is 3.99. The largest absolute Gasteiger partial charge is 0.496 e. The number of rotatable bonds is 15. The number of methoxy groups -OCH3 is 1. The monoisotopic (exact) mass is 516 g/mol. The van der Waals surface area contributed by atoms with E-state index in [1.54, 1.807) is 32.0 Å². The van der Waals surface area contributed by atoms with E-state index >= 15 is 0 Å². The predicted molar refractivity (Wildman–Crippen MR) is 138 cm³/mol. The van der Waals surface area contributed by atoms with Crippen LogP contribution in [0.2, 0.25) is 0 Å². The summed E-state index contributed by atoms with van der Waals surface area (Å²) in [6.07, 6.45) is 2.18. The molecule has 1 aromatic heterocycles. The van der Waals surface area contributed by atoms with Gasteiger partial charge in [-0.25, -0.2) is 4.98 Å². The molecular weight excluding hydrogens is 480 g/mol. The molecule has 11 nitrogen and oxygen atoms in total. The second kappa shape index (κ2) is 12.9. The third kappa shape index (κ3) is 8.06. The summed E-state index contributed by atoms with van der Waals surface area (Å²) in [4.78, 5) is 43.3. The molecule has 1 heterocycles. The van der Waals surface area contributed by atoms with E-state index in [-0.39, 0.29) is 31.6 Å². The van der Waals surface area contributed by atoms with Gasteiger partial charge < -0.3 is 31.1 Å². The van der Waals surface area contributed by atoms with Crippen LogP contribution in [0.3, 0.4) is 0 Å². The van der Waals surface area contributed by atoms with E-state index in [1.807, 2.05) is 6.92 Å². The molecule has 2 aromatic rings. The number of nitrogens with one attached hydrogen (secondary N) is 1. The van der Waals surface area contributed by atoms with Crippen molar-refractivity contribution in [3.05, 3.63) is 40.6 Å². The lowest BCUT2D eigenvalue weighted by atomic mass is 9.83. The van der Waals surface area contributed by atoms with Gasteiger partial charge in [-0.3, -0.25) is 14.4 Å². The number of benzene rings is 1. The summed E-state index contributed by atoms with van der Waals surface area (Å²) >= 11 is 0. The van der Waals surface area contributed by atoms with E-state index in [0.29, 0.717) is 40.4 Å². The first kappa shape index (κ1) is 29.3. The smallest absolute Gasteiger partial charge is 0.313 e. The Morgan fingerprint density at radius 1 is 1.14 bits per heavy atom. The molecule has 1 atom stereocenters. The lowest BCUT2D eigenvalue weighted by molar-refractivity contribution is -0.142. The van der Waals surface area contributed by atoms with Crippen LogP contribution < -0.4 is 15.8 Å². The van der Waals surface area contributed by atoms with Crippen LogP contribution in [0.15, 0.2) is 18.2 Å². The first-order valence-electron chi connectivity index (χ1n) is 12.1. The molecule has 37 heavy (non-hydrogen) atoms. The van der Waals surface area contributed by atoms with Crippen molar-refractivity contribution >= 4 is 29.7 Å². The van der Waals surface area contributed by atoms with Gasteiger partial charge in [-0.2, -0.15) is 4.98 Å². The topological polar surface area (TPSA) is 185 Å². The Morgan fingerprint density at radius 3 is 2.41 bits per heavy atom. The van der Waals surface area contributed by atoms with Gasteiger partial charge in [-0.1, -0.05) is 31.9 Å². The number of hydrogen-bond donors (Lipinski definition) is 5. The van der Waals surface area contributed by atoms with Gasteiger partial charge >= 0.3 is 17.9 Å². The van der Waals surface area contributed by atoms with Crippen molar-refractivity contribution in [2.75, 3.05) is 18.2 Å². The number of nitrogens with two attached hydrogens (primary N) is 1. The van der Waals surface area contributed by atoms with Crippen molar-refractivity contribution in [1.82, 2.24) is 9.97 Å². The van der Waals surface area contributed by atoms with Gasteiger partial charge in [0.25, 0.3) is 0 Å². The number of aliphatic carboxylic acids is 3. The van der Waals surface area contributed by atoms with Crippen LogP contribution in [0.25, 0.3) is 0 Å². The van der Waals surface area contributed by atoms with Crippen molar-refractivity contribution in [3.8, 4) is 5.75 Å². The number of unbranched alkanes of at least 4 members (excludes halogenated alkanes) is 1. The molecule has 0 amide bonds. The van der Waals surface area contributed by atoms with Crippen molar-refractivity contribution < 1.29 is 34.4 Å². The SMILES string of the molecule is CCCCC(CC(=O)O)Nc1nc(N)nc(CCC(=O)O)c1Cc1cc(C(C)(C)C(=O)O)ccc1OC. The number of hydrogen-bond acceptors (Lipinski definition) is 8. The Kier molecular flexibility index (Phi) is 10.2. The number of anilines is 2. The minimum atomic E-state index is -1.17. The molecule has 0 radical (unpaired) electrons. The Bertz CT molecular complexity index is 1130.